The lowest BCUT2D eigenvalue weighted by Gasteiger charge is -2.06. The summed E-state index contributed by atoms with van der Waals surface area (Å²) in [5.41, 5.74) is 0.909. The molecule has 0 aliphatic rings. The summed E-state index contributed by atoms with van der Waals surface area (Å²) in [7, 11) is 0.852. The van der Waals surface area contributed by atoms with Crippen LogP contribution in [-0.2, 0) is 16.6 Å². The van der Waals surface area contributed by atoms with Gasteiger partial charge in [0.1, 0.15) is 5.82 Å². The summed E-state index contributed by atoms with van der Waals surface area (Å²) in [5, 5.41) is 6.33. The lowest BCUT2D eigenvalue weighted by atomic mass is 10.6. The van der Waals surface area contributed by atoms with E-state index in [1.165, 1.54) is 0 Å². The van der Waals surface area contributed by atoms with Gasteiger partial charge in [0.25, 0.3) is 0 Å². The van der Waals surface area contributed by atoms with Crippen LogP contribution < -0.4 is 10.6 Å². The van der Waals surface area contributed by atoms with Crippen molar-refractivity contribution in [2.45, 2.75) is 12.7 Å². The molecule has 0 bridgehead atoms. The molecule has 1 atom stereocenters. The molecule has 0 aliphatic carbocycles. The van der Waals surface area contributed by atoms with Crippen LogP contribution in [0.3, 0.4) is 0 Å². The Labute approximate surface area is 103 Å². The number of H-pyrrole nitrogens is 1. The van der Waals surface area contributed by atoms with Crippen molar-refractivity contribution in [2.75, 3.05) is 19.3 Å². The Balaban J connectivity index is 2.23. The molecule has 1 heterocycles. The minimum absolute atomic E-state index is 0.509. The lowest BCUT2D eigenvalue weighted by molar-refractivity contribution is 0.680. The van der Waals surface area contributed by atoms with Gasteiger partial charge in [-0.15, -0.1) is 0 Å². The highest BCUT2D eigenvalue weighted by Crippen LogP contribution is 2.00. The van der Waals surface area contributed by atoms with Gasteiger partial charge in [-0.25, -0.2) is 4.98 Å². The third-order valence-corrected chi connectivity index (χ3v) is 3.56. The van der Waals surface area contributed by atoms with Crippen LogP contribution in [0.5, 0.6) is 0 Å². The first kappa shape index (κ1) is 13.1. The number of aromatic amines is 1. The van der Waals surface area contributed by atoms with Gasteiger partial charge in [-0.05, 0) is 19.1 Å². The molecule has 0 aliphatic heterocycles. The summed E-state index contributed by atoms with van der Waals surface area (Å²) in [6.07, 6.45) is 1.72. The molecular formula is C9H16N4OS2. The number of aryl methyl sites for hydroxylation is 1. The first-order valence-corrected chi connectivity index (χ1v) is 6.82. The zero-order valence-electron chi connectivity index (χ0n) is 9.37. The fourth-order valence-electron chi connectivity index (χ4n) is 1.16. The molecule has 16 heavy (non-hydrogen) atoms. The third kappa shape index (κ3) is 4.71. The molecular weight excluding hydrogens is 244 g/mol. The van der Waals surface area contributed by atoms with E-state index in [9.17, 15) is 4.21 Å². The third-order valence-electron chi connectivity index (χ3n) is 1.91. The van der Waals surface area contributed by atoms with Crippen molar-refractivity contribution >= 4 is 28.1 Å². The second-order valence-electron chi connectivity index (χ2n) is 3.29. The summed E-state index contributed by atoms with van der Waals surface area (Å²) in [6, 6.07) is 0. The molecule has 0 amide bonds. The Morgan fingerprint density at radius 2 is 2.44 bits per heavy atom. The van der Waals surface area contributed by atoms with Gasteiger partial charge in [0, 0.05) is 42.0 Å². The molecule has 1 aromatic rings. The van der Waals surface area contributed by atoms with E-state index in [0.717, 1.165) is 11.5 Å². The Morgan fingerprint density at radius 1 is 1.69 bits per heavy atom. The van der Waals surface area contributed by atoms with Crippen LogP contribution in [0.1, 0.15) is 11.5 Å². The van der Waals surface area contributed by atoms with Crippen LogP contribution in [0, 0.1) is 6.92 Å². The van der Waals surface area contributed by atoms with Gasteiger partial charge in [0.2, 0.25) is 0 Å². The smallest absolute Gasteiger partial charge is 0.166 e. The molecule has 0 saturated carbocycles. The van der Waals surface area contributed by atoms with Crippen LogP contribution in [0.25, 0.3) is 0 Å². The van der Waals surface area contributed by atoms with Gasteiger partial charge in [-0.1, -0.05) is 0 Å². The summed E-state index contributed by atoms with van der Waals surface area (Å²) in [5.74, 6) is 1.93. The Bertz CT molecular complexity index is 377. The van der Waals surface area contributed by atoms with Crippen molar-refractivity contribution in [3.63, 3.8) is 0 Å². The van der Waals surface area contributed by atoms with Crippen molar-refractivity contribution < 1.29 is 4.21 Å². The Hall–Kier alpha value is -0.950. The first-order valence-electron chi connectivity index (χ1n) is 4.93. The van der Waals surface area contributed by atoms with Crippen molar-refractivity contribution in [1.82, 2.24) is 20.6 Å². The maximum absolute atomic E-state index is 11.7. The fourth-order valence-corrected chi connectivity index (χ4v) is 2.23. The van der Waals surface area contributed by atoms with Crippen LogP contribution in [0.4, 0.5) is 0 Å². The van der Waals surface area contributed by atoms with Crippen LogP contribution in [0.2, 0.25) is 0 Å². The van der Waals surface area contributed by atoms with Gasteiger partial charge < -0.3 is 15.6 Å². The van der Waals surface area contributed by atoms with E-state index in [2.05, 4.69) is 20.6 Å². The predicted molar refractivity (Wildman–Crippen MR) is 69.7 cm³/mol. The first-order chi connectivity index (χ1) is 7.61. The second-order valence-corrected chi connectivity index (χ2v) is 5.27. The quantitative estimate of drug-likeness (QED) is 0.653. The Morgan fingerprint density at radius 3 is 3.00 bits per heavy atom. The van der Waals surface area contributed by atoms with Crippen molar-refractivity contribution in [2.24, 2.45) is 0 Å². The monoisotopic (exact) mass is 260 g/mol. The molecule has 3 N–H and O–H groups in total. The molecule has 0 spiro atoms. The number of hydrogen-bond donors (Lipinski definition) is 3. The largest absolute Gasteiger partial charge is 0.366 e. The predicted octanol–water partition coefficient (Wildman–Crippen LogP) is 0.0607. The minimum atomic E-state index is -0.897. The van der Waals surface area contributed by atoms with Crippen LogP contribution in [0.15, 0.2) is 6.20 Å². The van der Waals surface area contributed by atoms with Crippen LogP contribution >= 0.6 is 12.2 Å². The SMILES string of the molecule is CNC(=S)NCCS(=O)Cc1cnc(C)[nH]1. The molecule has 90 valence electrons. The molecule has 0 aromatic carbocycles. The van der Waals surface area contributed by atoms with Gasteiger partial charge >= 0.3 is 0 Å². The van der Waals surface area contributed by atoms with Crippen LogP contribution in [-0.4, -0.2) is 38.6 Å². The van der Waals surface area contributed by atoms with Crippen molar-refractivity contribution in [1.29, 1.82) is 0 Å². The number of nitrogens with one attached hydrogen (secondary N) is 3. The average molecular weight is 260 g/mol. The highest BCUT2D eigenvalue weighted by Gasteiger charge is 2.04. The standard InChI is InChI=1S/C9H16N4OS2/c1-7-12-5-8(13-7)6-16(14)4-3-11-9(15)10-2/h5H,3-4,6H2,1-2H3,(H,12,13)(H2,10,11,15). The van der Waals surface area contributed by atoms with E-state index in [1.54, 1.807) is 13.2 Å². The van der Waals surface area contributed by atoms with Gasteiger partial charge in [-0.3, -0.25) is 4.21 Å². The minimum Gasteiger partial charge on any atom is -0.366 e. The number of rotatable bonds is 5. The van der Waals surface area contributed by atoms with Gasteiger partial charge in [-0.2, -0.15) is 0 Å². The number of nitrogens with zero attached hydrogens (tertiary/aromatic N) is 1. The zero-order valence-corrected chi connectivity index (χ0v) is 11.0. The maximum atomic E-state index is 11.7. The Kier molecular flexibility index (Phi) is 5.41. The van der Waals surface area contributed by atoms with E-state index in [4.69, 9.17) is 12.2 Å². The molecule has 1 aromatic heterocycles. The number of hydrogen-bond acceptors (Lipinski definition) is 3. The molecule has 1 unspecified atom stereocenters. The van der Waals surface area contributed by atoms with E-state index in [0.29, 0.717) is 23.2 Å². The van der Waals surface area contributed by atoms with E-state index in [-0.39, 0.29) is 0 Å². The molecule has 0 fully saturated rings. The fraction of sp³-hybridized carbons (Fsp3) is 0.556. The summed E-state index contributed by atoms with van der Waals surface area (Å²) < 4.78 is 11.7. The average Bonchev–Trinajstić information content (AvgIpc) is 2.63. The van der Waals surface area contributed by atoms with E-state index >= 15 is 0 Å². The highest BCUT2D eigenvalue weighted by molar-refractivity contribution is 7.84. The molecule has 7 heteroatoms. The summed E-state index contributed by atoms with van der Waals surface area (Å²) in [4.78, 5) is 7.11. The number of imidazole rings is 1. The summed E-state index contributed by atoms with van der Waals surface area (Å²) >= 11 is 4.90. The molecule has 0 saturated heterocycles. The van der Waals surface area contributed by atoms with Gasteiger partial charge in [0.05, 0.1) is 5.75 Å². The molecule has 1 rings (SSSR count). The number of thiocarbonyl (C=S) groups is 1. The second kappa shape index (κ2) is 6.59. The summed E-state index contributed by atoms with van der Waals surface area (Å²) in [6.45, 7) is 2.48. The maximum Gasteiger partial charge on any atom is 0.166 e. The van der Waals surface area contributed by atoms with E-state index in [1.807, 2.05) is 6.92 Å². The van der Waals surface area contributed by atoms with E-state index < -0.39 is 10.8 Å². The van der Waals surface area contributed by atoms with Crippen molar-refractivity contribution in [3.8, 4) is 0 Å². The number of aromatic nitrogens is 2. The molecule has 5 nitrogen and oxygen atoms in total. The van der Waals surface area contributed by atoms with Crippen molar-refractivity contribution in [3.05, 3.63) is 17.7 Å². The normalized spacial score (nSPS) is 12.1. The highest BCUT2D eigenvalue weighted by atomic mass is 32.2. The molecule has 0 radical (unpaired) electrons. The topological polar surface area (TPSA) is 69.8 Å². The lowest BCUT2D eigenvalue weighted by Crippen LogP contribution is -2.35. The zero-order chi connectivity index (χ0) is 12.0. The van der Waals surface area contributed by atoms with Gasteiger partial charge in [0.15, 0.2) is 5.11 Å².